The van der Waals surface area contributed by atoms with Gasteiger partial charge in [0.2, 0.25) is 0 Å². The monoisotopic (exact) mass is 205 g/mol. The van der Waals surface area contributed by atoms with E-state index in [-0.39, 0.29) is 6.10 Å². The molecule has 15 heavy (non-hydrogen) atoms. The Bertz CT molecular complexity index is 312. The Morgan fingerprint density at radius 1 is 1.27 bits per heavy atom. The van der Waals surface area contributed by atoms with Crippen molar-refractivity contribution in [2.45, 2.75) is 25.5 Å². The lowest BCUT2D eigenvalue weighted by molar-refractivity contribution is 0.00224. The van der Waals surface area contributed by atoms with E-state index in [1.165, 1.54) is 5.56 Å². The molecule has 1 N–H and O–H groups in total. The van der Waals surface area contributed by atoms with Gasteiger partial charge in [-0.3, -0.25) is 4.90 Å². The van der Waals surface area contributed by atoms with E-state index >= 15 is 0 Å². The first-order chi connectivity index (χ1) is 7.20. The van der Waals surface area contributed by atoms with E-state index < -0.39 is 0 Å². The molecule has 2 nitrogen and oxygen atoms in total. The highest BCUT2D eigenvalue weighted by Crippen LogP contribution is 2.34. The summed E-state index contributed by atoms with van der Waals surface area (Å²) in [6, 6.07) is 10.8. The largest absolute Gasteiger partial charge is 0.393 e. The molecule has 0 unspecified atom stereocenters. The minimum absolute atomic E-state index is 0.161. The first-order valence-electron chi connectivity index (χ1n) is 5.63. The van der Waals surface area contributed by atoms with Gasteiger partial charge in [0.15, 0.2) is 0 Å². The molecule has 1 aliphatic heterocycles. The van der Waals surface area contributed by atoms with Crippen molar-refractivity contribution in [2.75, 3.05) is 13.6 Å². The van der Waals surface area contributed by atoms with Crippen LogP contribution in [0.5, 0.6) is 0 Å². The summed E-state index contributed by atoms with van der Waals surface area (Å²) in [7, 11) is 2.14. The van der Waals surface area contributed by atoms with Gasteiger partial charge in [0, 0.05) is 18.5 Å². The molecular formula is C13H19NO. The first-order valence-corrected chi connectivity index (χ1v) is 5.63. The van der Waals surface area contributed by atoms with Crippen LogP contribution in [0, 0.1) is 5.92 Å². The normalized spacial score (nSPS) is 32.9. The summed E-state index contributed by atoms with van der Waals surface area (Å²) in [6.45, 7) is 3.11. The summed E-state index contributed by atoms with van der Waals surface area (Å²) in [5, 5.41) is 9.90. The minimum atomic E-state index is -0.161. The number of aliphatic hydroxyl groups excluding tert-OH is 1. The molecule has 1 fully saturated rings. The van der Waals surface area contributed by atoms with Crippen molar-refractivity contribution in [1.82, 2.24) is 4.90 Å². The highest BCUT2D eigenvalue weighted by atomic mass is 16.3. The molecule has 0 bridgehead atoms. The second-order valence-corrected chi connectivity index (χ2v) is 4.55. The van der Waals surface area contributed by atoms with Gasteiger partial charge in [-0.2, -0.15) is 0 Å². The number of hydrogen-bond donors (Lipinski definition) is 1. The molecule has 0 aliphatic carbocycles. The van der Waals surface area contributed by atoms with Crippen molar-refractivity contribution >= 4 is 0 Å². The number of likely N-dealkylation sites (tertiary alicyclic amines) is 1. The van der Waals surface area contributed by atoms with E-state index in [1.54, 1.807) is 0 Å². The van der Waals surface area contributed by atoms with Crippen molar-refractivity contribution in [1.29, 1.82) is 0 Å². The molecule has 1 aromatic rings. The molecule has 1 aromatic carbocycles. The van der Waals surface area contributed by atoms with E-state index in [9.17, 15) is 5.11 Å². The van der Waals surface area contributed by atoms with E-state index in [1.807, 2.05) is 6.07 Å². The van der Waals surface area contributed by atoms with Crippen molar-refractivity contribution in [3.05, 3.63) is 35.9 Å². The lowest BCUT2D eigenvalue weighted by Gasteiger charge is -2.40. The molecule has 2 rings (SSSR count). The Balaban J connectivity index is 2.25. The average molecular weight is 205 g/mol. The zero-order valence-corrected chi connectivity index (χ0v) is 9.43. The number of hydrogen-bond acceptors (Lipinski definition) is 2. The first kappa shape index (κ1) is 10.7. The highest BCUT2D eigenvalue weighted by Gasteiger charge is 2.32. The van der Waals surface area contributed by atoms with Crippen molar-refractivity contribution in [3.63, 3.8) is 0 Å². The zero-order chi connectivity index (χ0) is 10.8. The predicted molar refractivity (Wildman–Crippen MR) is 61.6 cm³/mol. The maximum atomic E-state index is 9.90. The predicted octanol–water partition coefficient (Wildman–Crippen LogP) is 2.06. The van der Waals surface area contributed by atoms with Crippen molar-refractivity contribution in [3.8, 4) is 0 Å². The topological polar surface area (TPSA) is 23.5 Å². The molecule has 1 aliphatic rings. The van der Waals surface area contributed by atoms with Crippen LogP contribution in [0.25, 0.3) is 0 Å². The lowest BCUT2D eigenvalue weighted by atomic mass is 9.84. The Labute approximate surface area is 91.5 Å². The fourth-order valence-corrected chi connectivity index (χ4v) is 2.56. The van der Waals surface area contributed by atoms with Crippen molar-refractivity contribution in [2.24, 2.45) is 5.92 Å². The Hall–Kier alpha value is -0.860. The van der Waals surface area contributed by atoms with Crippen LogP contribution in [-0.4, -0.2) is 29.7 Å². The Morgan fingerprint density at radius 2 is 1.93 bits per heavy atom. The third kappa shape index (κ3) is 2.06. The smallest absolute Gasteiger partial charge is 0.0596 e. The SMILES string of the molecule is C[C@H]1[C@@H](c2ccccc2)N(C)CC[C@@H]1O. The number of aliphatic hydroxyl groups is 1. The third-order valence-corrected chi connectivity index (χ3v) is 3.50. The van der Waals surface area contributed by atoms with Gasteiger partial charge in [-0.05, 0) is 19.0 Å². The maximum absolute atomic E-state index is 9.90. The molecule has 0 radical (unpaired) electrons. The van der Waals surface area contributed by atoms with Crippen LogP contribution < -0.4 is 0 Å². The number of benzene rings is 1. The summed E-state index contributed by atoms with van der Waals surface area (Å²) in [5.41, 5.74) is 1.31. The van der Waals surface area contributed by atoms with Crippen LogP contribution in [0.1, 0.15) is 24.9 Å². The van der Waals surface area contributed by atoms with Gasteiger partial charge in [-0.15, -0.1) is 0 Å². The maximum Gasteiger partial charge on any atom is 0.0596 e. The fourth-order valence-electron chi connectivity index (χ4n) is 2.56. The number of nitrogens with zero attached hydrogens (tertiary/aromatic N) is 1. The van der Waals surface area contributed by atoms with Gasteiger partial charge < -0.3 is 5.11 Å². The van der Waals surface area contributed by atoms with Crippen LogP contribution in [0.3, 0.4) is 0 Å². The fraction of sp³-hybridized carbons (Fsp3) is 0.538. The molecule has 0 aromatic heterocycles. The van der Waals surface area contributed by atoms with Crippen LogP contribution >= 0.6 is 0 Å². The van der Waals surface area contributed by atoms with Crippen molar-refractivity contribution < 1.29 is 5.11 Å². The summed E-state index contributed by atoms with van der Waals surface area (Å²) in [6.07, 6.45) is 0.729. The molecule has 0 spiro atoms. The summed E-state index contributed by atoms with van der Waals surface area (Å²) >= 11 is 0. The van der Waals surface area contributed by atoms with Crippen LogP contribution in [0.4, 0.5) is 0 Å². The van der Waals surface area contributed by atoms with E-state index in [0.29, 0.717) is 12.0 Å². The molecule has 1 saturated heterocycles. The number of rotatable bonds is 1. The third-order valence-electron chi connectivity index (χ3n) is 3.50. The van der Waals surface area contributed by atoms with Gasteiger partial charge in [-0.25, -0.2) is 0 Å². The second kappa shape index (κ2) is 4.33. The highest BCUT2D eigenvalue weighted by molar-refractivity contribution is 5.20. The molecule has 0 saturated carbocycles. The lowest BCUT2D eigenvalue weighted by Crippen LogP contribution is -2.42. The second-order valence-electron chi connectivity index (χ2n) is 4.55. The van der Waals surface area contributed by atoms with Crippen LogP contribution in [0.15, 0.2) is 30.3 Å². The van der Waals surface area contributed by atoms with Crippen LogP contribution in [-0.2, 0) is 0 Å². The van der Waals surface area contributed by atoms with Gasteiger partial charge >= 0.3 is 0 Å². The zero-order valence-electron chi connectivity index (χ0n) is 9.43. The summed E-state index contributed by atoms with van der Waals surface area (Å²) in [5.74, 6) is 0.311. The summed E-state index contributed by atoms with van der Waals surface area (Å²) < 4.78 is 0. The Morgan fingerprint density at radius 3 is 2.60 bits per heavy atom. The van der Waals surface area contributed by atoms with Gasteiger partial charge in [0.05, 0.1) is 6.10 Å². The van der Waals surface area contributed by atoms with Gasteiger partial charge in [0.25, 0.3) is 0 Å². The molecule has 82 valence electrons. The summed E-state index contributed by atoms with van der Waals surface area (Å²) in [4.78, 5) is 2.34. The minimum Gasteiger partial charge on any atom is -0.393 e. The molecule has 2 heteroatoms. The molecular weight excluding hydrogens is 186 g/mol. The quantitative estimate of drug-likeness (QED) is 0.758. The molecule has 3 atom stereocenters. The average Bonchev–Trinajstić information content (AvgIpc) is 2.26. The Kier molecular flexibility index (Phi) is 3.08. The standard InChI is InChI=1S/C13H19NO/c1-10-12(15)8-9-14(2)13(10)11-6-4-3-5-7-11/h3-7,10,12-13,15H,8-9H2,1-2H3/t10-,12+,13+/m1/s1. The molecule has 1 heterocycles. The van der Waals surface area contributed by atoms with E-state index in [2.05, 4.69) is 43.1 Å². The van der Waals surface area contributed by atoms with Gasteiger partial charge in [0.1, 0.15) is 0 Å². The van der Waals surface area contributed by atoms with Gasteiger partial charge in [-0.1, -0.05) is 37.3 Å². The molecule has 0 amide bonds. The number of piperidine rings is 1. The van der Waals surface area contributed by atoms with E-state index in [4.69, 9.17) is 0 Å². The van der Waals surface area contributed by atoms with Crippen LogP contribution in [0.2, 0.25) is 0 Å². The van der Waals surface area contributed by atoms with E-state index in [0.717, 1.165) is 13.0 Å².